The first-order valence-corrected chi connectivity index (χ1v) is 3.45. The van der Waals surface area contributed by atoms with Crippen LogP contribution in [0.25, 0.3) is 0 Å². The molecule has 0 aromatic heterocycles. The number of hydrogen-bond acceptors (Lipinski definition) is 2. The normalized spacial score (nSPS) is 12.7. The highest BCUT2D eigenvalue weighted by Crippen LogP contribution is 2.18. The van der Waals surface area contributed by atoms with Crippen molar-refractivity contribution in [2.24, 2.45) is 5.92 Å². The molecule has 0 aromatic carbocycles. The molecule has 0 unspecified atom stereocenters. The lowest BCUT2D eigenvalue weighted by molar-refractivity contribution is -0.196. The van der Waals surface area contributed by atoms with E-state index in [0.29, 0.717) is 6.42 Å². The summed E-state index contributed by atoms with van der Waals surface area (Å²) in [4.78, 5) is 0. The molecule has 0 aliphatic heterocycles. The Labute approximate surface area is 56.5 Å². The SMILES string of the molecule is CCCC(O)(O)C(C)C. The molecule has 0 radical (unpaired) electrons. The molecule has 0 saturated carbocycles. The molecule has 0 rings (SSSR count). The molecule has 0 aliphatic rings. The second-order valence-corrected chi connectivity index (χ2v) is 2.78. The lowest BCUT2D eigenvalue weighted by Gasteiger charge is -2.24. The first-order valence-electron chi connectivity index (χ1n) is 3.45. The monoisotopic (exact) mass is 132 g/mol. The predicted molar refractivity (Wildman–Crippen MR) is 36.9 cm³/mol. The Bertz CT molecular complexity index is 77.0. The van der Waals surface area contributed by atoms with Crippen molar-refractivity contribution in [2.75, 3.05) is 0 Å². The van der Waals surface area contributed by atoms with E-state index in [1.807, 2.05) is 6.92 Å². The lowest BCUT2D eigenvalue weighted by atomic mass is 9.99. The van der Waals surface area contributed by atoms with E-state index in [9.17, 15) is 0 Å². The Kier molecular flexibility index (Phi) is 3.15. The van der Waals surface area contributed by atoms with Crippen LogP contribution in [-0.2, 0) is 0 Å². The highest BCUT2D eigenvalue weighted by atomic mass is 16.5. The molecule has 2 N–H and O–H groups in total. The van der Waals surface area contributed by atoms with Gasteiger partial charge in [0.1, 0.15) is 0 Å². The van der Waals surface area contributed by atoms with Gasteiger partial charge < -0.3 is 10.2 Å². The summed E-state index contributed by atoms with van der Waals surface area (Å²) in [7, 11) is 0. The van der Waals surface area contributed by atoms with Crippen molar-refractivity contribution in [2.45, 2.75) is 39.4 Å². The van der Waals surface area contributed by atoms with E-state index in [-0.39, 0.29) is 5.92 Å². The summed E-state index contributed by atoms with van der Waals surface area (Å²) < 4.78 is 0. The van der Waals surface area contributed by atoms with Gasteiger partial charge in [-0.25, -0.2) is 0 Å². The summed E-state index contributed by atoms with van der Waals surface area (Å²) in [5, 5.41) is 18.3. The van der Waals surface area contributed by atoms with E-state index in [1.165, 1.54) is 0 Å². The highest BCUT2D eigenvalue weighted by molar-refractivity contribution is 4.66. The maximum absolute atomic E-state index is 9.15. The fourth-order valence-electron chi connectivity index (χ4n) is 0.657. The Morgan fingerprint density at radius 2 is 1.78 bits per heavy atom. The maximum Gasteiger partial charge on any atom is 0.164 e. The van der Waals surface area contributed by atoms with Gasteiger partial charge in [0.25, 0.3) is 0 Å². The van der Waals surface area contributed by atoms with Crippen molar-refractivity contribution in [1.29, 1.82) is 0 Å². The van der Waals surface area contributed by atoms with E-state index in [0.717, 1.165) is 6.42 Å². The number of rotatable bonds is 3. The van der Waals surface area contributed by atoms with E-state index in [2.05, 4.69) is 0 Å². The average Bonchev–Trinajstić information content (AvgIpc) is 1.65. The van der Waals surface area contributed by atoms with E-state index in [1.54, 1.807) is 13.8 Å². The maximum atomic E-state index is 9.15. The molecule has 2 heteroatoms. The molecule has 0 atom stereocenters. The Hall–Kier alpha value is -0.0800. The predicted octanol–water partition coefficient (Wildman–Crippen LogP) is 1.12. The van der Waals surface area contributed by atoms with Crippen molar-refractivity contribution in [3.63, 3.8) is 0 Å². The molecule has 0 spiro atoms. The standard InChI is InChI=1S/C7H16O2/c1-4-5-7(8,9)6(2)3/h6,8-9H,4-5H2,1-3H3. The number of aliphatic hydroxyl groups is 2. The zero-order valence-corrected chi connectivity index (χ0v) is 6.39. The van der Waals surface area contributed by atoms with Gasteiger partial charge in [-0.05, 0) is 0 Å². The number of hydrogen-bond donors (Lipinski definition) is 2. The quantitative estimate of drug-likeness (QED) is 0.565. The smallest absolute Gasteiger partial charge is 0.164 e. The molecule has 0 heterocycles. The summed E-state index contributed by atoms with van der Waals surface area (Å²) in [6.45, 7) is 5.54. The average molecular weight is 132 g/mol. The largest absolute Gasteiger partial charge is 0.365 e. The molecule has 2 nitrogen and oxygen atoms in total. The first kappa shape index (κ1) is 8.92. The second-order valence-electron chi connectivity index (χ2n) is 2.78. The summed E-state index contributed by atoms with van der Waals surface area (Å²) in [5.41, 5.74) is 0. The van der Waals surface area contributed by atoms with Crippen LogP contribution in [0.3, 0.4) is 0 Å². The third-order valence-electron chi connectivity index (χ3n) is 1.54. The molecule has 0 bridgehead atoms. The van der Waals surface area contributed by atoms with Gasteiger partial charge in [0.15, 0.2) is 5.79 Å². The van der Waals surface area contributed by atoms with Crippen molar-refractivity contribution in [1.82, 2.24) is 0 Å². The summed E-state index contributed by atoms with van der Waals surface area (Å²) in [6, 6.07) is 0. The molecule has 0 saturated heterocycles. The van der Waals surface area contributed by atoms with Crippen molar-refractivity contribution >= 4 is 0 Å². The van der Waals surface area contributed by atoms with Crippen LogP contribution in [0.1, 0.15) is 33.6 Å². The van der Waals surface area contributed by atoms with Crippen molar-refractivity contribution < 1.29 is 10.2 Å². The minimum absolute atomic E-state index is 0.0718. The molecule has 9 heavy (non-hydrogen) atoms. The van der Waals surface area contributed by atoms with Crippen LogP contribution < -0.4 is 0 Å². The van der Waals surface area contributed by atoms with Crippen LogP contribution in [0, 0.1) is 5.92 Å². The Morgan fingerprint density at radius 3 is 1.89 bits per heavy atom. The fraction of sp³-hybridized carbons (Fsp3) is 1.00. The van der Waals surface area contributed by atoms with Crippen LogP contribution in [-0.4, -0.2) is 16.0 Å². The highest BCUT2D eigenvalue weighted by Gasteiger charge is 2.25. The fourth-order valence-corrected chi connectivity index (χ4v) is 0.657. The van der Waals surface area contributed by atoms with Crippen LogP contribution >= 0.6 is 0 Å². The van der Waals surface area contributed by atoms with E-state index in [4.69, 9.17) is 10.2 Å². The van der Waals surface area contributed by atoms with Gasteiger partial charge >= 0.3 is 0 Å². The zero-order valence-electron chi connectivity index (χ0n) is 6.39. The van der Waals surface area contributed by atoms with Gasteiger partial charge in [0, 0.05) is 12.3 Å². The topological polar surface area (TPSA) is 40.5 Å². The van der Waals surface area contributed by atoms with E-state index < -0.39 is 5.79 Å². The Balaban J connectivity index is 3.70. The molecular weight excluding hydrogens is 116 g/mol. The first-order chi connectivity index (χ1) is 4.00. The Morgan fingerprint density at radius 1 is 1.33 bits per heavy atom. The van der Waals surface area contributed by atoms with Crippen LogP contribution in [0.4, 0.5) is 0 Å². The summed E-state index contributed by atoms with van der Waals surface area (Å²) >= 11 is 0. The van der Waals surface area contributed by atoms with Crippen LogP contribution in [0.2, 0.25) is 0 Å². The van der Waals surface area contributed by atoms with Crippen LogP contribution in [0.15, 0.2) is 0 Å². The van der Waals surface area contributed by atoms with Crippen molar-refractivity contribution in [3.05, 3.63) is 0 Å². The van der Waals surface area contributed by atoms with Crippen LogP contribution in [0.5, 0.6) is 0 Å². The van der Waals surface area contributed by atoms with Gasteiger partial charge in [0.2, 0.25) is 0 Å². The molecule has 0 amide bonds. The van der Waals surface area contributed by atoms with Crippen molar-refractivity contribution in [3.8, 4) is 0 Å². The second kappa shape index (κ2) is 3.18. The zero-order chi connectivity index (χ0) is 7.49. The van der Waals surface area contributed by atoms with Gasteiger partial charge in [-0.15, -0.1) is 0 Å². The third kappa shape index (κ3) is 2.82. The molecule has 0 fully saturated rings. The minimum Gasteiger partial charge on any atom is -0.365 e. The summed E-state index contributed by atoms with van der Waals surface area (Å²) in [5.74, 6) is -1.52. The summed E-state index contributed by atoms with van der Waals surface area (Å²) in [6.07, 6.45) is 1.27. The van der Waals surface area contributed by atoms with Gasteiger partial charge in [0.05, 0.1) is 0 Å². The lowest BCUT2D eigenvalue weighted by Crippen LogP contribution is -2.33. The van der Waals surface area contributed by atoms with Gasteiger partial charge in [-0.3, -0.25) is 0 Å². The van der Waals surface area contributed by atoms with E-state index >= 15 is 0 Å². The molecular formula is C7H16O2. The third-order valence-corrected chi connectivity index (χ3v) is 1.54. The molecule has 56 valence electrons. The molecule has 0 aromatic rings. The van der Waals surface area contributed by atoms with Gasteiger partial charge in [-0.2, -0.15) is 0 Å². The minimum atomic E-state index is -1.45. The molecule has 0 aliphatic carbocycles. The van der Waals surface area contributed by atoms with Gasteiger partial charge in [-0.1, -0.05) is 27.2 Å².